The lowest BCUT2D eigenvalue weighted by Crippen LogP contribution is -2.34. The summed E-state index contributed by atoms with van der Waals surface area (Å²) in [5.74, 6) is -1.74. The topological polar surface area (TPSA) is 116 Å². The zero-order valence-corrected chi connectivity index (χ0v) is 26.1. The van der Waals surface area contributed by atoms with Crippen LogP contribution in [0, 0.1) is 0 Å². The van der Waals surface area contributed by atoms with Crippen LogP contribution < -0.4 is 21.3 Å². The van der Waals surface area contributed by atoms with Gasteiger partial charge in [-0.25, -0.2) is 0 Å². The monoisotopic (exact) mass is 634 g/mol. The van der Waals surface area contributed by atoms with Gasteiger partial charge < -0.3 is 21.3 Å². The molecule has 0 unspecified atom stereocenters. The molecule has 5 aromatic carbocycles. The predicted molar refractivity (Wildman–Crippen MR) is 187 cm³/mol. The Labute approximate surface area is 279 Å². The summed E-state index contributed by atoms with van der Waals surface area (Å²) >= 11 is 0. The second-order valence-corrected chi connectivity index (χ2v) is 10.8. The molecule has 0 aromatic heterocycles. The van der Waals surface area contributed by atoms with Crippen molar-refractivity contribution in [1.29, 1.82) is 0 Å². The molecule has 48 heavy (non-hydrogen) atoms. The normalized spacial score (nSPS) is 11.2. The third-order valence-corrected chi connectivity index (χ3v) is 7.21. The highest BCUT2D eigenvalue weighted by Crippen LogP contribution is 2.13. The van der Waals surface area contributed by atoms with Gasteiger partial charge >= 0.3 is 0 Å². The minimum absolute atomic E-state index is 0.0687. The molecule has 0 aliphatic rings. The molecule has 0 aliphatic carbocycles. The van der Waals surface area contributed by atoms with E-state index in [9.17, 15) is 19.2 Å². The van der Waals surface area contributed by atoms with Crippen LogP contribution in [0.3, 0.4) is 0 Å². The van der Waals surface area contributed by atoms with Crippen molar-refractivity contribution < 1.29 is 19.2 Å². The molecule has 8 heteroatoms. The fraction of sp³-hybridized carbons (Fsp3) is 0.0500. The van der Waals surface area contributed by atoms with Crippen LogP contribution in [0.1, 0.15) is 43.0 Å². The minimum Gasteiger partial charge on any atom is -0.347 e. The van der Waals surface area contributed by atoms with Crippen LogP contribution in [0.2, 0.25) is 0 Å². The Balaban J connectivity index is 1.37. The Morgan fingerprint density at radius 2 is 0.729 bits per heavy atom. The van der Waals surface area contributed by atoms with E-state index in [1.165, 1.54) is 0 Å². The van der Waals surface area contributed by atoms with Crippen molar-refractivity contribution in [3.8, 4) is 0 Å². The average Bonchev–Trinajstić information content (AvgIpc) is 3.14. The van der Waals surface area contributed by atoms with E-state index >= 15 is 0 Å². The van der Waals surface area contributed by atoms with Gasteiger partial charge in [0, 0.05) is 24.2 Å². The molecule has 5 aromatic rings. The van der Waals surface area contributed by atoms with E-state index in [2.05, 4.69) is 21.3 Å². The van der Waals surface area contributed by atoms with Gasteiger partial charge in [0.2, 0.25) is 0 Å². The second kappa shape index (κ2) is 16.7. The Bertz CT molecular complexity index is 1760. The molecule has 0 radical (unpaired) electrons. The molecule has 238 valence electrons. The zero-order chi connectivity index (χ0) is 33.6. The van der Waals surface area contributed by atoms with E-state index < -0.39 is 23.6 Å². The Hall–Kier alpha value is -6.54. The van der Waals surface area contributed by atoms with Gasteiger partial charge in [0.25, 0.3) is 23.6 Å². The lowest BCUT2D eigenvalue weighted by molar-refractivity contribution is -0.118. The van der Waals surface area contributed by atoms with Crippen LogP contribution in [0.25, 0.3) is 12.2 Å². The summed E-state index contributed by atoms with van der Waals surface area (Å²) in [7, 11) is 0. The maximum atomic E-state index is 13.3. The molecule has 0 saturated heterocycles. The second-order valence-electron chi connectivity index (χ2n) is 10.8. The molecular formula is C40H34N4O4. The molecule has 0 spiro atoms. The molecule has 0 aliphatic heterocycles. The Kier molecular flexibility index (Phi) is 11.4. The highest BCUT2D eigenvalue weighted by molar-refractivity contribution is 6.06. The molecule has 8 nitrogen and oxygen atoms in total. The van der Waals surface area contributed by atoms with Crippen LogP contribution >= 0.6 is 0 Å². The summed E-state index contributed by atoms with van der Waals surface area (Å²) in [4.78, 5) is 52.5. The number of hydrogen-bond acceptors (Lipinski definition) is 4. The lowest BCUT2D eigenvalue weighted by atomic mass is 10.1. The van der Waals surface area contributed by atoms with Gasteiger partial charge in [0.15, 0.2) is 0 Å². The van der Waals surface area contributed by atoms with Crippen molar-refractivity contribution >= 4 is 35.8 Å². The number of hydrogen-bond donors (Lipinski definition) is 4. The van der Waals surface area contributed by atoms with E-state index in [0.717, 1.165) is 11.1 Å². The Morgan fingerprint density at radius 1 is 0.417 bits per heavy atom. The third kappa shape index (κ3) is 9.73. The van der Waals surface area contributed by atoms with Crippen LogP contribution in [0.15, 0.2) is 157 Å². The molecule has 0 atom stereocenters. The predicted octanol–water partition coefficient (Wildman–Crippen LogP) is 5.86. The van der Waals surface area contributed by atoms with Gasteiger partial charge in [0.1, 0.15) is 11.4 Å². The maximum absolute atomic E-state index is 13.3. The summed E-state index contributed by atoms with van der Waals surface area (Å²) in [6, 6.07) is 43.2. The SMILES string of the molecule is O=C(NCc1ccccc1)C(=Cc1ccc(C=C(NC(=O)c2ccccc2)C(=O)NCc2ccccc2)cc1)NC(=O)c1ccccc1. The van der Waals surface area contributed by atoms with Crippen molar-refractivity contribution in [1.82, 2.24) is 21.3 Å². The number of nitrogens with one attached hydrogen (secondary N) is 4. The van der Waals surface area contributed by atoms with Gasteiger partial charge in [-0.15, -0.1) is 0 Å². The van der Waals surface area contributed by atoms with E-state index in [1.807, 2.05) is 72.8 Å². The third-order valence-electron chi connectivity index (χ3n) is 7.21. The van der Waals surface area contributed by atoms with Gasteiger partial charge in [-0.05, 0) is 58.7 Å². The number of carbonyl (C=O) groups is 4. The van der Waals surface area contributed by atoms with E-state index in [1.54, 1.807) is 84.9 Å². The molecule has 0 saturated carbocycles. The lowest BCUT2D eigenvalue weighted by Gasteiger charge is -2.12. The zero-order valence-electron chi connectivity index (χ0n) is 26.1. The summed E-state index contributed by atoms with van der Waals surface area (Å²) in [6.45, 7) is 0.567. The molecule has 0 bridgehead atoms. The van der Waals surface area contributed by atoms with E-state index in [0.29, 0.717) is 22.3 Å². The first-order chi connectivity index (χ1) is 23.4. The first kappa shape index (κ1) is 32.8. The number of rotatable bonds is 12. The first-order valence-corrected chi connectivity index (χ1v) is 15.3. The van der Waals surface area contributed by atoms with Crippen molar-refractivity contribution in [2.75, 3.05) is 0 Å². The molecule has 4 amide bonds. The molecule has 0 fully saturated rings. The maximum Gasteiger partial charge on any atom is 0.268 e. The summed E-state index contributed by atoms with van der Waals surface area (Å²) < 4.78 is 0. The van der Waals surface area contributed by atoms with Gasteiger partial charge in [0.05, 0.1) is 0 Å². The van der Waals surface area contributed by atoms with Gasteiger partial charge in [-0.2, -0.15) is 0 Å². The minimum atomic E-state index is -0.451. The van der Waals surface area contributed by atoms with Crippen molar-refractivity contribution in [3.63, 3.8) is 0 Å². The number of benzene rings is 5. The summed E-state index contributed by atoms with van der Waals surface area (Å²) in [5.41, 5.74) is 4.06. The molecule has 4 N–H and O–H groups in total. The summed E-state index contributed by atoms with van der Waals surface area (Å²) in [6.07, 6.45) is 3.17. The van der Waals surface area contributed by atoms with Crippen LogP contribution in [0.4, 0.5) is 0 Å². The fourth-order valence-electron chi connectivity index (χ4n) is 4.65. The largest absolute Gasteiger partial charge is 0.347 e. The standard InChI is InChI=1S/C40H34N4O4/c45-37(33-17-9-3-10-18-33)43-35(39(47)41-27-31-13-5-1-6-14-31)25-29-21-23-30(24-22-29)26-36(44-38(46)34-19-11-4-12-20-34)40(48)42-28-32-15-7-2-8-16-32/h1-26H,27-28H2,(H,41,47)(H,42,48)(H,43,45)(H,44,46). The van der Waals surface area contributed by atoms with Crippen LogP contribution in [0.5, 0.6) is 0 Å². The van der Waals surface area contributed by atoms with E-state index in [4.69, 9.17) is 0 Å². The number of carbonyl (C=O) groups excluding carboxylic acids is 4. The fourth-order valence-corrected chi connectivity index (χ4v) is 4.65. The number of amides is 4. The molecule has 5 rings (SSSR count). The molecular weight excluding hydrogens is 600 g/mol. The van der Waals surface area contributed by atoms with E-state index in [-0.39, 0.29) is 24.5 Å². The Morgan fingerprint density at radius 3 is 1.06 bits per heavy atom. The van der Waals surface area contributed by atoms with Crippen molar-refractivity contribution in [3.05, 3.63) is 190 Å². The first-order valence-electron chi connectivity index (χ1n) is 15.3. The quantitative estimate of drug-likeness (QED) is 0.129. The highest BCUT2D eigenvalue weighted by atomic mass is 16.2. The van der Waals surface area contributed by atoms with Crippen LogP contribution in [-0.4, -0.2) is 23.6 Å². The summed E-state index contributed by atoms with van der Waals surface area (Å²) in [5, 5.41) is 11.2. The van der Waals surface area contributed by atoms with Gasteiger partial charge in [-0.1, -0.05) is 121 Å². The average molecular weight is 635 g/mol. The van der Waals surface area contributed by atoms with Crippen molar-refractivity contribution in [2.24, 2.45) is 0 Å². The smallest absolute Gasteiger partial charge is 0.268 e. The highest BCUT2D eigenvalue weighted by Gasteiger charge is 2.16. The van der Waals surface area contributed by atoms with Crippen LogP contribution in [-0.2, 0) is 22.7 Å². The van der Waals surface area contributed by atoms with Crippen molar-refractivity contribution in [2.45, 2.75) is 13.1 Å². The molecule has 0 heterocycles. The van der Waals surface area contributed by atoms with Gasteiger partial charge in [-0.3, -0.25) is 19.2 Å².